The maximum Gasteiger partial charge on any atom is 0.150 e. The number of fused-ring (bicyclic) bond motifs is 7. The standard InChI is InChI=1S/C51H35N5/c1-4-15-34(16-5-1)49-52-50(56-51(55(49)56)35-17-6-2-7-18-35)38-19-14-22-40(31-38)54-46-26-13-11-24-42(46)44-32-36(28-30-47(44)54)37-27-29-43-41-23-10-12-25-45(41)53(48(43)33-37)39-20-8-3-9-21-39/h1-33,50-51H. The number of aliphatic imine (C=N–C) groups is 1. The molecule has 1 saturated heterocycles. The van der Waals surface area contributed by atoms with Gasteiger partial charge in [-0.25, -0.2) is 4.99 Å². The summed E-state index contributed by atoms with van der Waals surface area (Å²) in [5.74, 6) is 1.02. The first-order valence-electron chi connectivity index (χ1n) is 19.3. The number of hydrogen-bond acceptors (Lipinski definition) is 3. The van der Waals surface area contributed by atoms with E-state index in [9.17, 15) is 0 Å². The van der Waals surface area contributed by atoms with E-state index in [4.69, 9.17) is 4.99 Å². The first-order chi connectivity index (χ1) is 27.8. The third kappa shape index (κ3) is 4.68. The predicted octanol–water partition coefficient (Wildman–Crippen LogP) is 12.2. The van der Waals surface area contributed by atoms with E-state index in [1.807, 2.05) is 0 Å². The lowest BCUT2D eigenvalue weighted by Crippen LogP contribution is -2.11. The summed E-state index contributed by atoms with van der Waals surface area (Å²) < 4.78 is 4.81. The Morgan fingerprint density at radius 1 is 0.357 bits per heavy atom. The number of hydrazine groups is 1. The van der Waals surface area contributed by atoms with Gasteiger partial charge in [-0.15, -0.1) is 0 Å². The molecule has 0 radical (unpaired) electrons. The second-order valence-corrected chi connectivity index (χ2v) is 14.8. The first-order valence-corrected chi connectivity index (χ1v) is 19.3. The second kappa shape index (κ2) is 12.2. The Morgan fingerprint density at radius 3 is 1.68 bits per heavy atom. The van der Waals surface area contributed by atoms with Gasteiger partial charge in [-0.2, -0.15) is 5.01 Å². The molecule has 5 nitrogen and oxygen atoms in total. The van der Waals surface area contributed by atoms with Crippen molar-refractivity contribution in [2.75, 3.05) is 0 Å². The summed E-state index contributed by atoms with van der Waals surface area (Å²) >= 11 is 0. The monoisotopic (exact) mass is 717 g/mol. The van der Waals surface area contributed by atoms with Crippen LogP contribution in [0.5, 0.6) is 0 Å². The second-order valence-electron chi connectivity index (χ2n) is 14.8. The molecule has 0 spiro atoms. The van der Waals surface area contributed by atoms with Crippen molar-refractivity contribution in [3.63, 3.8) is 0 Å². The Hall–Kier alpha value is -7.21. The SMILES string of the molecule is c1ccc(C2=NC(c3cccc(-n4c5ccccc5c5cc(-c6ccc7c8ccccc8n(-c8ccccc8)c7c6)ccc54)c3)N3C(c4ccccc4)N23)cc1. The molecule has 0 aliphatic carbocycles. The van der Waals surface area contributed by atoms with Crippen molar-refractivity contribution < 1.29 is 0 Å². The van der Waals surface area contributed by atoms with E-state index >= 15 is 0 Å². The predicted molar refractivity (Wildman–Crippen MR) is 229 cm³/mol. The molecule has 2 aromatic heterocycles. The molecule has 4 heterocycles. The van der Waals surface area contributed by atoms with Crippen molar-refractivity contribution in [2.45, 2.75) is 12.3 Å². The molecule has 1 fully saturated rings. The number of nitrogens with zero attached hydrogens (tertiary/aromatic N) is 5. The minimum Gasteiger partial charge on any atom is -0.309 e. The normalized spacial score (nSPS) is 17.5. The highest BCUT2D eigenvalue weighted by Crippen LogP contribution is 2.54. The van der Waals surface area contributed by atoms with Gasteiger partial charge in [-0.3, -0.25) is 5.01 Å². The van der Waals surface area contributed by atoms with E-state index in [0.717, 1.165) is 22.8 Å². The molecule has 264 valence electrons. The summed E-state index contributed by atoms with van der Waals surface area (Å²) in [7, 11) is 0. The topological polar surface area (TPSA) is 28.2 Å². The Kier molecular flexibility index (Phi) is 6.76. The quantitative estimate of drug-likeness (QED) is 0.160. The molecule has 0 amide bonds. The fourth-order valence-corrected chi connectivity index (χ4v) is 9.10. The van der Waals surface area contributed by atoms with Crippen LogP contribution in [0.25, 0.3) is 66.1 Å². The average Bonchev–Trinajstić information content (AvgIpc) is 3.54. The maximum atomic E-state index is 5.35. The maximum absolute atomic E-state index is 5.35. The van der Waals surface area contributed by atoms with E-state index in [1.54, 1.807) is 0 Å². The van der Waals surface area contributed by atoms with E-state index in [2.05, 4.69) is 219 Å². The van der Waals surface area contributed by atoms with Gasteiger partial charge in [0, 0.05) is 38.5 Å². The number of amidine groups is 1. The summed E-state index contributed by atoms with van der Waals surface area (Å²) in [5.41, 5.74) is 13.1. The highest BCUT2D eigenvalue weighted by atomic mass is 15.9. The highest BCUT2D eigenvalue weighted by Gasteiger charge is 2.57. The third-order valence-electron chi connectivity index (χ3n) is 11.6. The van der Waals surface area contributed by atoms with E-state index in [-0.39, 0.29) is 12.3 Å². The fraction of sp³-hybridized carbons (Fsp3) is 0.0392. The Bertz CT molecular complexity index is 3160. The van der Waals surface area contributed by atoms with Gasteiger partial charge in [0.15, 0.2) is 0 Å². The number of rotatable bonds is 6. The summed E-state index contributed by atoms with van der Waals surface area (Å²) in [4.78, 5) is 5.35. The number of para-hydroxylation sites is 3. The van der Waals surface area contributed by atoms with Gasteiger partial charge < -0.3 is 9.13 Å². The molecule has 0 saturated carbocycles. The molecule has 12 rings (SSSR count). The highest BCUT2D eigenvalue weighted by molar-refractivity contribution is 6.12. The number of benzene rings is 8. The summed E-state index contributed by atoms with van der Waals surface area (Å²) in [5, 5.41) is 9.75. The molecule has 3 atom stereocenters. The third-order valence-corrected chi connectivity index (χ3v) is 11.6. The summed E-state index contributed by atoms with van der Waals surface area (Å²) in [6, 6.07) is 72.3. The van der Waals surface area contributed by atoms with Crippen LogP contribution in [-0.4, -0.2) is 25.0 Å². The van der Waals surface area contributed by atoms with Crippen molar-refractivity contribution >= 4 is 49.4 Å². The van der Waals surface area contributed by atoms with Crippen molar-refractivity contribution in [3.8, 4) is 22.5 Å². The van der Waals surface area contributed by atoms with Crippen LogP contribution < -0.4 is 0 Å². The van der Waals surface area contributed by atoms with Crippen LogP contribution in [0.15, 0.2) is 205 Å². The van der Waals surface area contributed by atoms with E-state index in [0.29, 0.717) is 0 Å². The molecule has 5 heteroatoms. The Labute approximate surface area is 324 Å². The van der Waals surface area contributed by atoms with Gasteiger partial charge in [0.2, 0.25) is 0 Å². The van der Waals surface area contributed by atoms with Crippen LogP contribution >= 0.6 is 0 Å². The van der Waals surface area contributed by atoms with Gasteiger partial charge in [-0.05, 0) is 76.9 Å². The van der Waals surface area contributed by atoms with Gasteiger partial charge in [-0.1, -0.05) is 146 Å². The van der Waals surface area contributed by atoms with Crippen LogP contribution in [0, 0.1) is 0 Å². The van der Waals surface area contributed by atoms with Crippen LogP contribution in [0.2, 0.25) is 0 Å². The molecular formula is C51H35N5. The molecule has 56 heavy (non-hydrogen) atoms. The molecular weight excluding hydrogens is 683 g/mol. The molecule has 10 aromatic rings. The number of aromatic nitrogens is 2. The lowest BCUT2D eigenvalue weighted by atomic mass is 10.0. The smallest absolute Gasteiger partial charge is 0.150 e. The Balaban J connectivity index is 0.977. The molecule has 0 bridgehead atoms. The van der Waals surface area contributed by atoms with E-state index < -0.39 is 0 Å². The van der Waals surface area contributed by atoms with Crippen LogP contribution in [0.1, 0.15) is 29.0 Å². The van der Waals surface area contributed by atoms with Crippen molar-refractivity contribution in [1.82, 2.24) is 19.2 Å². The van der Waals surface area contributed by atoms with E-state index in [1.165, 1.54) is 65.9 Å². The first kappa shape index (κ1) is 31.2. The Morgan fingerprint density at radius 2 is 0.911 bits per heavy atom. The summed E-state index contributed by atoms with van der Waals surface area (Å²) in [6.07, 6.45) is 0.0221. The largest absolute Gasteiger partial charge is 0.309 e. The molecule has 3 unspecified atom stereocenters. The summed E-state index contributed by atoms with van der Waals surface area (Å²) in [6.45, 7) is 0. The minimum atomic E-state index is -0.128. The zero-order valence-corrected chi connectivity index (χ0v) is 30.4. The lowest BCUT2D eigenvalue weighted by molar-refractivity contribution is 0.341. The van der Waals surface area contributed by atoms with Crippen molar-refractivity contribution in [3.05, 3.63) is 217 Å². The van der Waals surface area contributed by atoms with Gasteiger partial charge in [0.1, 0.15) is 18.2 Å². The van der Waals surface area contributed by atoms with Crippen molar-refractivity contribution in [1.29, 1.82) is 0 Å². The lowest BCUT2D eigenvalue weighted by Gasteiger charge is -2.14. The molecule has 2 aliphatic heterocycles. The average molecular weight is 718 g/mol. The minimum absolute atomic E-state index is 0.128. The van der Waals surface area contributed by atoms with Crippen LogP contribution in [0.4, 0.5) is 0 Å². The fourth-order valence-electron chi connectivity index (χ4n) is 9.10. The van der Waals surface area contributed by atoms with Crippen LogP contribution in [0.3, 0.4) is 0 Å². The van der Waals surface area contributed by atoms with Gasteiger partial charge >= 0.3 is 0 Å². The van der Waals surface area contributed by atoms with Crippen LogP contribution in [-0.2, 0) is 0 Å². The van der Waals surface area contributed by atoms with Gasteiger partial charge in [0.05, 0.1) is 22.1 Å². The molecule has 8 aromatic carbocycles. The zero-order valence-electron chi connectivity index (χ0n) is 30.4. The number of hydrogen-bond donors (Lipinski definition) is 0. The molecule has 0 N–H and O–H groups in total. The van der Waals surface area contributed by atoms with Gasteiger partial charge in [0.25, 0.3) is 0 Å². The molecule has 2 aliphatic rings. The van der Waals surface area contributed by atoms with Crippen molar-refractivity contribution in [2.24, 2.45) is 4.99 Å². The zero-order chi connectivity index (χ0) is 36.7.